The van der Waals surface area contributed by atoms with E-state index in [1.807, 2.05) is 19.1 Å². The summed E-state index contributed by atoms with van der Waals surface area (Å²) in [7, 11) is 1.29. The lowest BCUT2D eigenvalue weighted by Crippen LogP contribution is -2.21. The van der Waals surface area contributed by atoms with Crippen LogP contribution in [0.2, 0.25) is 0 Å². The summed E-state index contributed by atoms with van der Waals surface area (Å²) in [5.74, 6) is -0.876. The summed E-state index contributed by atoms with van der Waals surface area (Å²) in [4.78, 5) is 22.6. The summed E-state index contributed by atoms with van der Waals surface area (Å²) in [6.07, 6.45) is 0.0290. The molecule has 1 unspecified atom stereocenters. The van der Waals surface area contributed by atoms with Crippen LogP contribution in [0, 0.1) is 12.8 Å². The van der Waals surface area contributed by atoms with Crippen molar-refractivity contribution in [3.8, 4) is 5.75 Å². The van der Waals surface area contributed by atoms with Gasteiger partial charge < -0.3 is 9.47 Å². The monoisotopic (exact) mass is 236 g/mol. The lowest BCUT2D eigenvalue weighted by Gasteiger charge is -2.10. The second-order valence-corrected chi connectivity index (χ2v) is 3.92. The highest BCUT2D eigenvalue weighted by Crippen LogP contribution is 2.14. The van der Waals surface area contributed by atoms with E-state index in [1.54, 1.807) is 19.1 Å². The first-order valence-electron chi connectivity index (χ1n) is 5.38. The first-order chi connectivity index (χ1) is 8.02. The molecule has 0 heterocycles. The third-order valence-corrected chi connectivity index (χ3v) is 2.34. The number of ether oxygens (including phenoxy) is 2. The van der Waals surface area contributed by atoms with Gasteiger partial charge in [-0.2, -0.15) is 0 Å². The van der Waals surface area contributed by atoms with Gasteiger partial charge in [0.2, 0.25) is 0 Å². The molecule has 17 heavy (non-hydrogen) atoms. The van der Waals surface area contributed by atoms with E-state index in [2.05, 4.69) is 4.74 Å². The van der Waals surface area contributed by atoms with E-state index < -0.39 is 17.9 Å². The van der Waals surface area contributed by atoms with Gasteiger partial charge in [-0.1, -0.05) is 24.6 Å². The van der Waals surface area contributed by atoms with Crippen LogP contribution in [0.25, 0.3) is 0 Å². The van der Waals surface area contributed by atoms with Crippen molar-refractivity contribution >= 4 is 11.9 Å². The van der Waals surface area contributed by atoms with Crippen LogP contribution in [-0.4, -0.2) is 19.0 Å². The minimum atomic E-state index is -0.510. The fraction of sp³-hybridized carbons (Fsp3) is 0.385. The van der Waals surface area contributed by atoms with Gasteiger partial charge in [-0.25, -0.2) is 0 Å². The van der Waals surface area contributed by atoms with Crippen LogP contribution in [0.4, 0.5) is 0 Å². The number of carbonyl (C=O) groups is 2. The third kappa shape index (κ3) is 4.26. The molecule has 0 saturated carbocycles. The van der Waals surface area contributed by atoms with E-state index >= 15 is 0 Å². The number of hydrogen-bond acceptors (Lipinski definition) is 4. The van der Waals surface area contributed by atoms with Crippen molar-refractivity contribution in [1.82, 2.24) is 0 Å². The Balaban J connectivity index is 2.54. The van der Waals surface area contributed by atoms with Crippen LogP contribution in [0.5, 0.6) is 5.75 Å². The topological polar surface area (TPSA) is 52.6 Å². The number of hydrogen-bond donors (Lipinski definition) is 0. The number of benzene rings is 1. The maximum Gasteiger partial charge on any atom is 0.314 e. The van der Waals surface area contributed by atoms with Gasteiger partial charge in [0, 0.05) is 0 Å². The van der Waals surface area contributed by atoms with Crippen molar-refractivity contribution < 1.29 is 19.1 Å². The summed E-state index contributed by atoms with van der Waals surface area (Å²) in [6.45, 7) is 3.58. The zero-order chi connectivity index (χ0) is 12.8. The molecule has 0 saturated heterocycles. The molecule has 0 amide bonds. The standard InChI is InChI=1S/C13H16O4/c1-9-4-6-11(7-5-9)17-13(15)10(2)8-12(14)16-3/h4-7,10H,8H2,1-3H3. The molecule has 0 aliphatic rings. The molecule has 92 valence electrons. The smallest absolute Gasteiger partial charge is 0.314 e. The fourth-order valence-electron chi connectivity index (χ4n) is 1.24. The number of esters is 2. The lowest BCUT2D eigenvalue weighted by molar-refractivity contribution is -0.147. The Bertz CT molecular complexity index is 394. The Morgan fingerprint density at radius 2 is 1.82 bits per heavy atom. The van der Waals surface area contributed by atoms with Gasteiger partial charge in [-0.3, -0.25) is 9.59 Å². The number of aryl methyl sites for hydroxylation is 1. The number of rotatable bonds is 4. The molecule has 0 aromatic heterocycles. The molecule has 0 N–H and O–H groups in total. The first kappa shape index (κ1) is 13.2. The molecular weight excluding hydrogens is 220 g/mol. The molecule has 0 aliphatic carbocycles. The van der Waals surface area contributed by atoms with Gasteiger partial charge >= 0.3 is 11.9 Å². The summed E-state index contributed by atoms with van der Waals surface area (Å²) in [5, 5.41) is 0. The van der Waals surface area contributed by atoms with Gasteiger partial charge in [0.25, 0.3) is 0 Å². The molecule has 4 nitrogen and oxygen atoms in total. The van der Waals surface area contributed by atoms with E-state index in [0.717, 1.165) is 5.56 Å². The average molecular weight is 236 g/mol. The van der Waals surface area contributed by atoms with Crippen molar-refractivity contribution in [2.24, 2.45) is 5.92 Å². The molecule has 0 fully saturated rings. The highest BCUT2D eigenvalue weighted by atomic mass is 16.5. The minimum absolute atomic E-state index is 0.0290. The van der Waals surface area contributed by atoms with Crippen molar-refractivity contribution in [3.63, 3.8) is 0 Å². The summed E-state index contributed by atoms with van der Waals surface area (Å²) in [5.41, 5.74) is 1.09. The quantitative estimate of drug-likeness (QED) is 0.593. The normalized spacial score (nSPS) is 11.7. The fourth-order valence-corrected chi connectivity index (χ4v) is 1.24. The second kappa shape index (κ2) is 6.03. The van der Waals surface area contributed by atoms with E-state index in [-0.39, 0.29) is 6.42 Å². The van der Waals surface area contributed by atoms with Gasteiger partial charge in [0.05, 0.1) is 19.4 Å². The Morgan fingerprint density at radius 1 is 1.24 bits per heavy atom. The molecule has 1 aromatic rings. The largest absolute Gasteiger partial charge is 0.469 e. The van der Waals surface area contributed by atoms with E-state index in [0.29, 0.717) is 5.75 Å². The lowest BCUT2D eigenvalue weighted by atomic mass is 10.1. The maximum absolute atomic E-state index is 11.6. The first-order valence-corrected chi connectivity index (χ1v) is 5.38. The van der Waals surface area contributed by atoms with Crippen LogP contribution >= 0.6 is 0 Å². The summed E-state index contributed by atoms with van der Waals surface area (Å²) in [6, 6.07) is 7.15. The highest BCUT2D eigenvalue weighted by molar-refractivity contribution is 5.80. The van der Waals surface area contributed by atoms with Crippen LogP contribution in [0.15, 0.2) is 24.3 Å². The van der Waals surface area contributed by atoms with E-state index in [1.165, 1.54) is 7.11 Å². The van der Waals surface area contributed by atoms with E-state index in [9.17, 15) is 9.59 Å². The van der Waals surface area contributed by atoms with Crippen LogP contribution < -0.4 is 4.74 Å². The molecule has 0 bridgehead atoms. The van der Waals surface area contributed by atoms with Gasteiger partial charge in [-0.15, -0.1) is 0 Å². The molecular formula is C13H16O4. The highest BCUT2D eigenvalue weighted by Gasteiger charge is 2.19. The maximum atomic E-state index is 11.6. The van der Waals surface area contributed by atoms with Crippen molar-refractivity contribution in [3.05, 3.63) is 29.8 Å². The van der Waals surface area contributed by atoms with Gasteiger partial charge in [0.15, 0.2) is 0 Å². The molecule has 1 rings (SSSR count). The second-order valence-electron chi connectivity index (χ2n) is 3.92. The van der Waals surface area contributed by atoms with Crippen LogP contribution in [0.1, 0.15) is 18.9 Å². The van der Waals surface area contributed by atoms with Crippen LogP contribution in [0.3, 0.4) is 0 Å². The molecule has 1 atom stereocenters. The Morgan fingerprint density at radius 3 is 2.35 bits per heavy atom. The molecule has 0 aliphatic heterocycles. The Hall–Kier alpha value is -1.84. The van der Waals surface area contributed by atoms with Crippen molar-refractivity contribution in [1.29, 1.82) is 0 Å². The predicted octanol–water partition coefficient (Wildman–Crippen LogP) is 2.10. The van der Waals surface area contributed by atoms with Crippen molar-refractivity contribution in [2.75, 3.05) is 7.11 Å². The van der Waals surface area contributed by atoms with Gasteiger partial charge in [-0.05, 0) is 19.1 Å². The zero-order valence-corrected chi connectivity index (χ0v) is 10.2. The summed E-state index contributed by atoms with van der Waals surface area (Å²) >= 11 is 0. The minimum Gasteiger partial charge on any atom is -0.469 e. The Kier molecular flexibility index (Phi) is 4.69. The van der Waals surface area contributed by atoms with Crippen molar-refractivity contribution in [2.45, 2.75) is 20.3 Å². The summed E-state index contributed by atoms with van der Waals surface area (Å²) < 4.78 is 9.62. The van der Waals surface area contributed by atoms with Crippen LogP contribution in [-0.2, 0) is 14.3 Å². The van der Waals surface area contributed by atoms with Gasteiger partial charge in [0.1, 0.15) is 5.75 Å². The molecule has 0 radical (unpaired) electrons. The SMILES string of the molecule is COC(=O)CC(C)C(=O)Oc1ccc(C)cc1. The average Bonchev–Trinajstić information content (AvgIpc) is 2.31. The number of methoxy groups -OCH3 is 1. The zero-order valence-electron chi connectivity index (χ0n) is 10.2. The predicted molar refractivity (Wildman–Crippen MR) is 62.6 cm³/mol. The molecule has 4 heteroatoms. The Labute approximate surface area is 101 Å². The molecule has 0 spiro atoms. The van der Waals surface area contributed by atoms with E-state index in [4.69, 9.17) is 4.74 Å². The third-order valence-electron chi connectivity index (χ3n) is 2.34. The molecule has 1 aromatic carbocycles. The number of carbonyl (C=O) groups excluding carboxylic acids is 2.